The minimum absolute atomic E-state index is 0.146. The van der Waals surface area contributed by atoms with Crippen molar-refractivity contribution in [3.63, 3.8) is 0 Å². The Bertz CT molecular complexity index is 676. The summed E-state index contributed by atoms with van der Waals surface area (Å²) in [6.45, 7) is 1.85. The fraction of sp³-hybridized carbons (Fsp3) is 0.211. The molecular weight excluding hydrogens is 306 g/mol. The molecule has 0 atom stereocenters. The molecule has 0 aliphatic rings. The number of methoxy groups -OCH3 is 1. The van der Waals surface area contributed by atoms with E-state index < -0.39 is 0 Å². The molecule has 0 saturated carbocycles. The number of carbonyl (C=O) groups excluding carboxylic acids is 3. The fourth-order valence-electron chi connectivity index (χ4n) is 1.84. The molecule has 0 heterocycles. The highest BCUT2D eigenvalue weighted by Crippen LogP contribution is 2.12. The normalized spacial score (nSPS) is 9.29. The molecule has 2 rings (SSSR count). The first kappa shape index (κ1) is 19.1. The molecule has 0 fully saturated rings. The minimum Gasteiger partial charge on any atom is -0.497 e. The molecule has 0 aromatic heterocycles. The quantitative estimate of drug-likeness (QED) is 0.676. The second-order valence-electron chi connectivity index (χ2n) is 4.82. The Morgan fingerprint density at radius 3 is 1.96 bits per heavy atom. The predicted octanol–water partition coefficient (Wildman–Crippen LogP) is 3.15. The molecule has 5 nitrogen and oxygen atoms in total. The number of ketones is 1. The number of amides is 1. The van der Waals surface area contributed by atoms with Gasteiger partial charge >= 0.3 is 0 Å². The molecular formula is C19H21NO4. The molecule has 1 amide bonds. The molecule has 0 saturated heterocycles. The summed E-state index contributed by atoms with van der Waals surface area (Å²) in [4.78, 5) is 32.4. The molecule has 2 aromatic rings. The zero-order valence-electron chi connectivity index (χ0n) is 14.0. The van der Waals surface area contributed by atoms with Crippen molar-refractivity contribution in [2.24, 2.45) is 0 Å². The first-order chi connectivity index (χ1) is 11.5. The van der Waals surface area contributed by atoms with Gasteiger partial charge in [-0.15, -0.1) is 0 Å². The van der Waals surface area contributed by atoms with E-state index in [-0.39, 0.29) is 11.7 Å². The van der Waals surface area contributed by atoms with Crippen LogP contribution >= 0.6 is 0 Å². The van der Waals surface area contributed by atoms with Crippen LogP contribution in [-0.2, 0) is 0 Å². The lowest BCUT2D eigenvalue weighted by molar-refractivity contribution is 0.0960. The molecule has 2 aromatic carbocycles. The Labute approximate surface area is 141 Å². The van der Waals surface area contributed by atoms with Crippen LogP contribution in [0, 0.1) is 0 Å². The van der Waals surface area contributed by atoms with E-state index in [1.165, 1.54) is 0 Å². The summed E-state index contributed by atoms with van der Waals surface area (Å²) in [6, 6.07) is 13.6. The van der Waals surface area contributed by atoms with Crippen LogP contribution in [0.3, 0.4) is 0 Å². The van der Waals surface area contributed by atoms with Crippen molar-refractivity contribution >= 4 is 18.0 Å². The summed E-state index contributed by atoms with van der Waals surface area (Å²) < 4.78 is 4.97. The highest BCUT2D eigenvalue weighted by atomic mass is 16.5. The van der Waals surface area contributed by atoms with E-state index >= 15 is 0 Å². The van der Waals surface area contributed by atoms with Crippen LogP contribution in [0.2, 0.25) is 0 Å². The van der Waals surface area contributed by atoms with Gasteiger partial charge in [-0.3, -0.25) is 14.4 Å². The van der Waals surface area contributed by atoms with E-state index in [0.29, 0.717) is 17.5 Å². The Balaban J connectivity index is 0.000000240. The van der Waals surface area contributed by atoms with Crippen LogP contribution < -0.4 is 10.1 Å². The molecule has 0 bridgehead atoms. The summed E-state index contributed by atoms with van der Waals surface area (Å²) in [6.07, 6.45) is 1.29. The largest absolute Gasteiger partial charge is 0.497 e. The fourth-order valence-corrected chi connectivity index (χ4v) is 1.84. The summed E-state index contributed by atoms with van der Waals surface area (Å²) in [5.41, 5.74) is 1.88. The SMILES string of the molecule is CCC(=O)c1ccc(OC)cc1.CNC(=O)c1ccc(C=O)cc1. The van der Waals surface area contributed by atoms with Gasteiger partial charge in [0.2, 0.25) is 0 Å². The average molecular weight is 327 g/mol. The van der Waals surface area contributed by atoms with Gasteiger partial charge in [-0.1, -0.05) is 19.1 Å². The Hall–Kier alpha value is -2.95. The number of ether oxygens (including phenoxy) is 1. The van der Waals surface area contributed by atoms with Gasteiger partial charge in [0.1, 0.15) is 12.0 Å². The standard InChI is InChI=1S/C10H12O2.C9H9NO2/c1-3-10(11)8-4-6-9(12-2)7-5-8;1-10-9(12)8-4-2-7(6-11)3-5-8/h4-7H,3H2,1-2H3;2-6H,1H3,(H,10,12). The molecule has 0 aliphatic heterocycles. The van der Waals surface area contributed by atoms with E-state index in [4.69, 9.17) is 4.74 Å². The van der Waals surface area contributed by atoms with Crippen molar-refractivity contribution in [2.75, 3.05) is 14.2 Å². The molecule has 126 valence electrons. The zero-order valence-corrected chi connectivity index (χ0v) is 14.0. The Kier molecular flexibility index (Phi) is 7.91. The highest BCUT2D eigenvalue weighted by molar-refractivity contribution is 5.96. The van der Waals surface area contributed by atoms with E-state index in [1.807, 2.05) is 6.92 Å². The molecule has 0 aliphatic carbocycles. The molecule has 0 radical (unpaired) electrons. The monoisotopic (exact) mass is 327 g/mol. The van der Waals surface area contributed by atoms with Crippen molar-refractivity contribution in [3.8, 4) is 5.75 Å². The highest BCUT2D eigenvalue weighted by Gasteiger charge is 2.02. The van der Waals surface area contributed by atoms with Crippen LogP contribution in [0.5, 0.6) is 5.75 Å². The lowest BCUT2D eigenvalue weighted by Gasteiger charge is -2.00. The van der Waals surface area contributed by atoms with E-state index in [2.05, 4.69) is 5.32 Å². The molecule has 1 N–H and O–H groups in total. The number of Topliss-reactive ketones (excluding diaryl/α,β-unsaturated/α-hetero) is 1. The van der Waals surface area contributed by atoms with Gasteiger partial charge < -0.3 is 10.1 Å². The molecule has 24 heavy (non-hydrogen) atoms. The van der Waals surface area contributed by atoms with E-state index in [0.717, 1.165) is 17.6 Å². The number of carbonyl (C=O) groups is 3. The Morgan fingerprint density at radius 2 is 1.54 bits per heavy atom. The lowest BCUT2D eigenvalue weighted by atomic mass is 10.1. The van der Waals surface area contributed by atoms with Crippen LogP contribution in [-0.4, -0.2) is 32.1 Å². The lowest BCUT2D eigenvalue weighted by Crippen LogP contribution is -2.17. The Morgan fingerprint density at radius 1 is 1.00 bits per heavy atom. The summed E-state index contributed by atoms with van der Waals surface area (Å²) >= 11 is 0. The number of benzene rings is 2. The number of hydrogen-bond donors (Lipinski definition) is 1. The summed E-state index contributed by atoms with van der Waals surface area (Å²) in [5.74, 6) is 0.799. The smallest absolute Gasteiger partial charge is 0.251 e. The molecule has 0 unspecified atom stereocenters. The average Bonchev–Trinajstić information content (AvgIpc) is 2.67. The molecule has 5 heteroatoms. The van der Waals surface area contributed by atoms with Crippen molar-refractivity contribution < 1.29 is 19.1 Å². The third kappa shape index (κ3) is 5.68. The third-order valence-electron chi connectivity index (χ3n) is 3.27. The van der Waals surface area contributed by atoms with Crippen molar-refractivity contribution in [1.82, 2.24) is 5.32 Å². The first-order valence-corrected chi connectivity index (χ1v) is 7.50. The van der Waals surface area contributed by atoms with Crippen molar-refractivity contribution in [2.45, 2.75) is 13.3 Å². The van der Waals surface area contributed by atoms with Crippen molar-refractivity contribution in [1.29, 1.82) is 0 Å². The summed E-state index contributed by atoms with van der Waals surface area (Å²) in [7, 11) is 3.17. The van der Waals surface area contributed by atoms with Gasteiger partial charge in [-0.25, -0.2) is 0 Å². The third-order valence-corrected chi connectivity index (χ3v) is 3.27. The van der Waals surface area contributed by atoms with Gasteiger partial charge in [0.15, 0.2) is 5.78 Å². The maximum absolute atomic E-state index is 11.2. The number of hydrogen-bond acceptors (Lipinski definition) is 4. The van der Waals surface area contributed by atoms with Gasteiger partial charge in [0.05, 0.1) is 7.11 Å². The number of nitrogens with one attached hydrogen (secondary N) is 1. The van der Waals surface area contributed by atoms with Gasteiger partial charge in [-0.2, -0.15) is 0 Å². The van der Waals surface area contributed by atoms with E-state index in [9.17, 15) is 14.4 Å². The maximum Gasteiger partial charge on any atom is 0.251 e. The number of rotatable bonds is 5. The van der Waals surface area contributed by atoms with Crippen LogP contribution in [0.4, 0.5) is 0 Å². The number of aldehydes is 1. The zero-order chi connectivity index (χ0) is 17.9. The van der Waals surface area contributed by atoms with Gasteiger partial charge in [0, 0.05) is 30.2 Å². The topological polar surface area (TPSA) is 72.5 Å². The minimum atomic E-state index is -0.146. The van der Waals surface area contributed by atoms with Gasteiger partial charge in [0.25, 0.3) is 5.91 Å². The summed E-state index contributed by atoms with van der Waals surface area (Å²) in [5, 5.41) is 2.49. The van der Waals surface area contributed by atoms with Crippen LogP contribution in [0.15, 0.2) is 48.5 Å². The second-order valence-corrected chi connectivity index (χ2v) is 4.82. The van der Waals surface area contributed by atoms with Crippen LogP contribution in [0.25, 0.3) is 0 Å². The maximum atomic E-state index is 11.2. The van der Waals surface area contributed by atoms with Crippen LogP contribution in [0.1, 0.15) is 44.4 Å². The second kappa shape index (κ2) is 9.94. The molecule has 0 spiro atoms. The first-order valence-electron chi connectivity index (χ1n) is 7.50. The van der Waals surface area contributed by atoms with E-state index in [1.54, 1.807) is 62.7 Å². The van der Waals surface area contributed by atoms with Crippen molar-refractivity contribution in [3.05, 3.63) is 65.2 Å². The van der Waals surface area contributed by atoms with Gasteiger partial charge in [-0.05, 0) is 36.4 Å². The predicted molar refractivity (Wildman–Crippen MR) is 92.8 cm³/mol.